The Morgan fingerprint density at radius 3 is 2.84 bits per heavy atom. The summed E-state index contributed by atoms with van der Waals surface area (Å²) in [5.74, 6) is 0.000586. The number of hydrogen-bond acceptors (Lipinski definition) is 5. The molecule has 0 unspecified atom stereocenters. The quantitative estimate of drug-likeness (QED) is 0.624. The van der Waals surface area contributed by atoms with Crippen molar-refractivity contribution in [1.29, 1.82) is 0 Å². The Kier molecular flexibility index (Phi) is 6.07. The smallest absolute Gasteiger partial charge is 0.387 e. The van der Waals surface area contributed by atoms with Gasteiger partial charge in [-0.05, 0) is 32.5 Å². The fraction of sp³-hybridized carbons (Fsp3) is 0.533. The SMILES string of the molecule is CN(C)C[C@@H]1CCN(C(=O)Nc2cc([N+](=O)[O-])ccc2OC(F)F)C1. The monoisotopic (exact) mass is 358 g/mol. The summed E-state index contributed by atoms with van der Waals surface area (Å²) in [6, 6.07) is 2.58. The number of carbonyl (C=O) groups is 1. The zero-order valence-corrected chi connectivity index (χ0v) is 13.9. The van der Waals surface area contributed by atoms with E-state index in [0.29, 0.717) is 19.0 Å². The Morgan fingerprint density at radius 2 is 2.24 bits per heavy atom. The summed E-state index contributed by atoms with van der Waals surface area (Å²) in [5.41, 5.74) is -0.487. The Morgan fingerprint density at radius 1 is 1.52 bits per heavy atom. The average Bonchev–Trinajstić information content (AvgIpc) is 2.96. The van der Waals surface area contributed by atoms with Gasteiger partial charge in [-0.2, -0.15) is 8.78 Å². The third-order valence-electron chi connectivity index (χ3n) is 3.83. The first-order valence-corrected chi connectivity index (χ1v) is 7.70. The van der Waals surface area contributed by atoms with E-state index in [1.54, 1.807) is 4.90 Å². The standard InChI is InChI=1S/C15H20F2N4O4/c1-19(2)8-10-5-6-20(9-10)15(22)18-12-7-11(21(23)24)3-4-13(12)25-14(16)17/h3-4,7,10,14H,5-6,8-9H2,1-2H3,(H,18,22)/t10-/m0/s1. The minimum Gasteiger partial charge on any atom is -0.433 e. The van der Waals surface area contributed by atoms with Crippen molar-refractivity contribution >= 4 is 17.4 Å². The number of nitrogens with zero attached hydrogens (tertiary/aromatic N) is 3. The van der Waals surface area contributed by atoms with Crippen LogP contribution >= 0.6 is 0 Å². The summed E-state index contributed by atoms with van der Waals surface area (Å²) in [7, 11) is 3.89. The number of amides is 2. The van der Waals surface area contributed by atoms with Crippen LogP contribution in [0.4, 0.5) is 25.0 Å². The molecule has 2 rings (SSSR count). The van der Waals surface area contributed by atoms with E-state index in [0.717, 1.165) is 31.2 Å². The zero-order valence-electron chi connectivity index (χ0n) is 13.9. The highest BCUT2D eigenvalue weighted by atomic mass is 19.3. The van der Waals surface area contributed by atoms with Gasteiger partial charge in [0.05, 0.1) is 10.6 Å². The van der Waals surface area contributed by atoms with E-state index in [1.165, 1.54) is 0 Å². The van der Waals surface area contributed by atoms with Crippen molar-refractivity contribution in [3.05, 3.63) is 28.3 Å². The zero-order chi connectivity index (χ0) is 18.6. The third kappa shape index (κ3) is 5.24. The third-order valence-corrected chi connectivity index (χ3v) is 3.83. The van der Waals surface area contributed by atoms with Gasteiger partial charge in [0.2, 0.25) is 0 Å². The van der Waals surface area contributed by atoms with Gasteiger partial charge in [0.15, 0.2) is 0 Å². The van der Waals surface area contributed by atoms with Gasteiger partial charge in [-0.15, -0.1) is 0 Å². The molecule has 0 radical (unpaired) electrons. The largest absolute Gasteiger partial charge is 0.433 e. The van der Waals surface area contributed by atoms with E-state index in [2.05, 4.69) is 10.1 Å². The van der Waals surface area contributed by atoms with Crippen LogP contribution in [-0.2, 0) is 0 Å². The fourth-order valence-electron chi connectivity index (χ4n) is 2.80. The lowest BCUT2D eigenvalue weighted by molar-refractivity contribution is -0.384. The number of alkyl halides is 2. The molecule has 8 nitrogen and oxygen atoms in total. The maximum Gasteiger partial charge on any atom is 0.387 e. The summed E-state index contributed by atoms with van der Waals surface area (Å²) in [6.07, 6.45) is 0.834. The molecule has 0 spiro atoms. The summed E-state index contributed by atoms with van der Waals surface area (Å²) in [5, 5.41) is 13.3. The van der Waals surface area contributed by atoms with Crippen LogP contribution in [0.15, 0.2) is 18.2 Å². The van der Waals surface area contributed by atoms with Crippen LogP contribution in [0.25, 0.3) is 0 Å². The van der Waals surface area contributed by atoms with E-state index < -0.39 is 17.6 Å². The molecule has 0 aromatic heterocycles. The van der Waals surface area contributed by atoms with Crippen LogP contribution in [0, 0.1) is 16.0 Å². The molecule has 1 N–H and O–H groups in total. The van der Waals surface area contributed by atoms with E-state index in [4.69, 9.17) is 0 Å². The minimum absolute atomic E-state index is 0.157. The second kappa shape index (κ2) is 8.06. The lowest BCUT2D eigenvalue weighted by Crippen LogP contribution is -2.34. The van der Waals surface area contributed by atoms with Crippen molar-refractivity contribution in [1.82, 2.24) is 9.80 Å². The molecule has 25 heavy (non-hydrogen) atoms. The molecule has 0 saturated carbocycles. The topological polar surface area (TPSA) is 88.0 Å². The van der Waals surface area contributed by atoms with Gasteiger partial charge < -0.3 is 19.9 Å². The Bertz CT molecular complexity index is 642. The first-order chi connectivity index (χ1) is 11.8. The van der Waals surface area contributed by atoms with Crippen molar-refractivity contribution in [2.75, 3.05) is 39.0 Å². The minimum atomic E-state index is -3.10. The number of benzene rings is 1. The molecule has 1 heterocycles. The molecule has 1 aliphatic heterocycles. The number of halogens is 2. The molecular weight excluding hydrogens is 338 g/mol. The first-order valence-electron chi connectivity index (χ1n) is 7.70. The molecule has 1 aromatic rings. The molecule has 138 valence electrons. The highest BCUT2D eigenvalue weighted by molar-refractivity contribution is 5.91. The maximum atomic E-state index is 12.5. The number of nitrogens with one attached hydrogen (secondary N) is 1. The number of carbonyl (C=O) groups excluding carboxylic acids is 1. The highest BCUT2D eigenvalue weighted by Crippen LogP contribution is 2.31. The van der Waals surface area contributed by atoms with Gasteiger partial charge in [0.25, 0.3) is 5.69 Å². The fourth-order valence-corrected chi connectivity index (χ4v) is 2.80. The predicted molar refractivity (Wildman–Crippen MR) is 87.0 cm³/mol. The van der Waals surface area contributed by atoms with Gasteiger partial charge in [-0.3, -0.25) is 10.1 Å². The maximum absolute atomic E-state index is 12.5. The molecule has 0 bridgehead atoms. The van der Waals surface area contributed by atoms with Crippen LogP contribution in [0.5, 0.6) is 5.75 Å². The number of anilines is 1. The molecule has 0 aliphatic carbocycles. The number of likely N-dealkylation sites (tertiary alicyclic amines) is 1. The van der Waals surface area contributed by atoms with Crippen LogP contribution in [0.1, 0.15) is 6.42 Å². The number of nitro benzene ring substituents is 1. The number of ether oxygens (including phenoxy) is 1. The van der Waals surface area contributed by atoms with Gasteiger partial charge >= 0.3 is 12.6 Å². The van der Waals surface area contributed by atoms with Gasteiger partial charge in [-0.25, -0.2) is 4.79 Å². The summed E-state index contributed by atoms with van der Waals surface area (Å²) < 4.78 is 29.3. The average molecular weight is 358 g/mol. The highest BCUT2D eigenvalue weighted by Gasteiger charge is 2.27. The number of non-ortho nitro benzene ring substituents is 1. The van der Waals surface area contributed by atoms with Crippen molar-refractivity contribution in [2.45, 2.75) is 13.0 Å². The van der Waals surface area contributed by atoms with Crippen molar-refractivity contribution in [3.8, 4) is 5.75 Å². The number of urea groups is 1. The Hall–Kier alpha value is -2.49. The molecule has 1 aromatic carbocycles. The van der Waals surface area contributed by atoms with E-state index in [9.17, 15) is 23.7 Å². The van der Waals surface area contributed by atoms with Gasteiger partial charge in [-0.1, -0.05) is 0 Å². The van der Waals surface area contributed by atoms with Crippen LogP contribution in [0.2, 0.25) is 0 Å². The molecule has 1 saturated heterocycles. The molecule has 10 heteroatoms. The van der Waals surface area contributed by atoms with Gasteiger partial charge in [0.1, 0.15) is 5.75 Å². The van der Waals surface area contributed by atoms with E-state index in [-0.39, 0.29) is 17.1 Å². The predicted octanol–water partition coefficient (Wildman–Crippen LogP) is 2.61. The molecule has 1 atom stereocenters. The van der Waals surface area contributed by atoms with Crippen molar-refractivity contribution in [3.63, 3.8) is 0 Å². The second-order valence-electron chi connectivity index (χ2n) is 6.11. The molecular formula is C15H20F2N4O4. The summed E-state index contributed by atoms with van der Waals surface area (Å²) >= 11 is 0. The Labute approximate surface area is 143 Å². The molecule has 2 amide bonds. The van der Waals surface area contributed by atoms with Crippen LogP contribution in [0.3, 0.4) is 0 Å². The van der Waals surface area contributed by atoms with E-state index in [1.807, 2.05) is 19.0 Å². The number of nitro groups is 1. The Balaban J connectivity index is 2.10. The first kappa shape index (κ1) is 18.8. The second-order valence-corrected chi connectivity index (χ2v) is 6.11. The van der Waals surface area contributed by atoms with Gasteiger partial charge in [0, 0.05) is 31.8 Å². The van der Waals surface area contributed by atoms with Crippen molar-refractivity contribution in [2.24, 2.45) is 5.92 Å². The lowest BCUT2D eigenvalue weighted by Gasteiger charge is -2.20. The lowest BCUT2D eigenvalue weighted by atomic mass is 10.1. The normalized spacial score (nSPS) is 17.2. The molecule has 1 fully saturated rings. The summed E-state index contributed by atoms with van der Waals surface area (Å²) in [6.45, 7) is -1.21. The van der Waals surface area contributed by atoms with Crippen LogP contribution < -0.4 is 10.1 Å². The number of hydrogen-bond donors (Lipinski definition) is 1. The number of rotatable bonds is 6. The summed E-state index contributed by atoms with van der Waals surface area (Å²) in [4.78, 5) is 26.1. The van der Waals surface area contributed by atoms with E-state index >= 15 is 0 Å². The molecule has 1 aliphatic rings. The van der Waals surface area contributed by atoms with Crippen molar-refractivity contribution < 1.29 is 23.2 Å². The van der Waals surface area contributed by atoms with Crippen LogP contribution in [-0.4, -0.2) is 61.1 Å².